The maximum absolute atomic E-state index is 2.69. The second-order valence-electron chi connectivity index (χ2n) is 17.2. The molecule has 2 aromatic carbocycles. The number of fused-ring (bicyclic) bond motifs is 2. The van der Waals surface area contributed by atoms with Gasteiger partial charge in [0.2, 0.25) is 0 Å². The maximum Gasteiger partial charge on any atom is -1.00 e. The zero-order valence-electron chi connectivity index (χ0n) is 31.5. The van der Waals surface area contributed by atoms with Crippen LogP contribution in [0.5, 0.6) is 0 Å². The average Bonchev–Trinajstić information content (AvgIpc) is 3.47. The molecule has 0 N–H and O–H groups in total. The fraction of sp³-hybridized carbons (Fsp3) is 0.619. The minimum Gasteiger partial charge on any atom is -1.00 e. The van der Waals surface area contributed by atoms with Crippen LogP contribution >= 0.6 is 0 Å². The Morgan fingerprint density at radius 1 is 0.674 bits per heavy atom. The van der Waals surface area contributed by atoms with E-state index in [9.17, 15) is 0 Å². The largest absolute Gasteiger partial charge is 1.00 e. The van der Waals surface area contributed by atoms with E-state index < -0.39 is 25.8 Å². The summed E-state index contributed by atoms with van der Waals surface area (Å²) in [5.74, 6) is 2.12. The Morgan fingerprint density at radius 2 is 1.11 bits per heavy atom. The quantitative estimate of drug-likeness (QED) is 0.221. The number of rotatable bonds is 11. The van der Waals surface area contributed by atoms with Crippen molar-refractivity contribution in [2.75, 3.05) is 0 Å². The number of allylic oxidation sites excluding steroid dienone is 2. The van der Waals surface area contributed by atoms with Gasteiger partial charge in [-0.3, -0.25) is 0 Å². The molecule has 4 atom stereocenters. The molecule has 0 spiro atoms. The molecule has 0 heterocycles. The molecular weight excluding hydrogens is 695 g/mol. The van der Waals surface area contributed by atoms with Crippen molar-refractivity contribution in [1.82, 2.24) is 0 Å². The standard InChI is InChI=1S/C21H31.C19H27.C2H6Si.2ClH.Zr/c1-15(2)19-13-18-12-8-11-17(20(18)14-19)10-7-9-16(3)21(4,5)6;1-14-12-17-11-7-10-16(18(17)13-14)9-6-8-15(2)19(3,4)5;1-3-2;;;/h8,11-16H,7,9-10H2,1-6H3;7,10-13,15H,6,8-9H2,1-5H3;1-2H3;2*1H;/q;;;;;+2/p-2. The van der Waals surface area contributed by atoms with Crippen LogP contribution in [-0.4, -0.2) is 5.43 Å². The monoisotopic (exact) mass is 756 g/mol. The van der Waals surface area contributed by atoms with Crippen LogP contribution in [0, 0.1) is 28.6 Å². The van der Waals surface area contributed by atoms with Crippen LogP contribution in [0.1, 0.15) is 142 Å². The summed E-state index contributed by atoms with van der Waals surface area (Å²) in [6.45, 7) is 32.0. The van der Waals surface area contributed by atoms with Gasteiger partial charge < -0.3 is 24.8 Å². The fourth-order valence-corrected chi connectivity index (χ4v) is 28.5. The van der Waals surface area contributed by atoms with Crippen molar-refractivity contribution in [2.24, 2.45) is 28.6 Å². The van der Waals surface area contributed by atoms with Gasteiger partial charge in [-0.1, -0.05) is 0 Å². The van der Waals surface area contributed by atoms with Crippen molar-refractivity contribution >= 4 is 17.6 Å². The van der Waals surface area contributed by atoms with Gasteiger partial charge >= 0.3 is 282 Å². The molecule has 46 heavy (non-hydrogen) atoms. The van der Waals surface area contributed by atoms with E-state index in [1.165, 1.54) is 38.5 Å². The van der Waals surface area contributed by atoms with Crippen LogP contribution in [0.4, 0.5) is 0 Å². The molecule has 0 radical (unpaired) electrons. The van der Waals surface area contributed by atoms with Crippen molar-refractivity contribution in [2.45, 2.75) is 135 Å². The molecule has 0 aromatic heterocycles. The SMILES string of the molecule is CC1=Cc2c(CCCC(C)C(C)(C)C)cccc2[CH]1[Zr+2]([CH]1C(C(C)C)=Cc2c(CCCC(C)C(C)(C)C)cccc21)=[Si](C)C.[Cl-].[Cl-]. The van der Waals surface area contributed by atoms with E-state index in [1.807, 2.05) is 0 Å². The second kappa shape index (κ2) is 17.0. The number of hydrogen-bond acceptors (Lipinski definition) is 0. The fourth-order valence-electron chi connectivity index (χ4n) is 7.61. The predicted molar refractivity (Wildman–Crippen MR) is 195 cm³/mol. The van der Waals surface area contributed by atoms with Gasteiger partial charge in [-0.25, -0.2) is 0 Å². The Bertz CT molecular complexity index is 1430. The molecule has 0 fully saturated rings. The first-order chi connectivity index (χ1) is 20.5. The van der Waals surface area contributed by atoms with E-state index in [4.69, 9.17) is 0 Å². The average molecular weight is 759 g/mol. The molecule has 4 unspecified atom stereocenters. The van der Waals surface area contributed by atoms with E-state index in [2.05, 4.69) is 138 Å². The third-order valence-corrected chi connectivity index (χ3v) is 31.2. The van der Waals surface area contributed by atoms with Crippen molar-refractivity contribution < 1.29 is 45.2 Å². The second-order valence-corrected chi connectivity index (χ2v) is 35.0. The summed E-state index contributed by atoms with van der Waals surface area (Å²) in [5, 5.41) is 0. The summed E-state index contributed by atoms with van der Waals surface area (Å²) in [6, 6.07) is 14.8. The Morgan fingerprint density at radius 3 is 1.52 bits per heavy atom. The van der Waals surface area contributed by atoms with Gasteiger partial charge in [0.05, 0.1) is 0 Å². The minimum absolute atomic E-state index is 0. The van der Waals surface area contributed by atoms with Crippen LogP contribution in [0.3, 0.4) is 0 Å². The first-order valence-electron chi connectivity index (χ1n) is 17.8. The molecule has 2 aliphatic rings. The molecule has 4 heteroatoms. The van der Waals surface area contributed by atoms with E-state index in [0.717, 1.165) is 19.1 Å². The van der Waals surface area contributed by atoms with Crippen molar-refractivity contribution in [3.8, 4) is 0 Å². The summed E-state index contributed by atoms with van der Waals surface area (Å²) in [4.78, 5) is 0. The normalized spacial score (nSPS) is 18.4. The molecule has 0 aliphatic heterocycles. The minimum atomic E-state index is -2.06. The van der Waals surface area contributed by atoms with Crippen molar-refractivity contribution in [3.63, 3.8) is 0 Å². The summed E-state index contributed by atoms with van der Waals surface area (Å²) in [7, 11) is 0. The summed E-state index contributed by atoms with van der Waals surface area (Å²) < 4.78 is 1.44. The van der Waals surface area contributed by atoms with E-state index in [0.29, 0.717) is 16.7 Å². The molecule has 2 aromatic rings. The van der Waals surface area contributed by atoms with Gasteiger partial charge in [0, 0.05) is 0 Å². The summed E-state index contributed by atoms with van der Waals surface area (Å²) in [6.07, 6.45) is 13.0. The molecule has 4 rings (SSSR count). The van der Waals surface area contributed by atoms with Gasteiger partial charge in [-0.05, 0) is 0 Å². The van der Waals surface area contributed by atoms with Gasteiger partial charge in [0.15, 0.2) is 0 Å². The van der Waals surface area contributed by atoms with Crippen LogP contribution < -0.4 is 24.8 Å². The van der Waals surface area contributed by atoms with Crippen molar-refractivity contribution in [1.29, 1.82) is 0 Å². The third kappa shape index (κ3) is 9.43. The van der Waals surface area contributed by atoms with E-state index >= 15 is 0 Å². The number of benzene rings is 2. The molecular formula is C42H64Cl2SiZr. The van der Waals surface area contributed by atoms with Crippen LogP contribution in [0.15, 0.2) is 47.5 Å². The van der Waals surface area contributed by atoms with Crippen molar-refractivity contribution in [3.05, 3.63) is 80.9 Å². The molecule has 0 amide bonds. The molecule has 2 aliphatic carbocycles. The Labute approximate surface area is 305 Å². The zero-order chi connectivity index (χ0) is 32.6. The molecule has 0 bridgehead atoms. The van der Waals surface area contributed by atoms with Crippen LogP contribution in [0.25, 0.3) is 12.2 Å². The first kappa shape index (κ1) is 41.8. The molecule has 0 saturated heterocycles. The number of aryl methyl sites for hydroxylation is 2. The predicted octanol–water partition coefficient (Wildman–Crippen LogP) is 6.83. The Balaban J connectivity index is 0.00000368. The maximum atomic E-state index is 2.69. The molecule has 0 saturated carbocycles. The summed E-state index contributed by atoms with van der Waals surface area (Å²) >= 11 is -2.06. The van der Waals surface area contributed by atoms with E-state index in [1.54, 1.807) is 44.5 Å². The van der Waals surface area contributed by atoms with Gasteiger partial charge in [-0.2, -0.15) is 0 Å². The van der Waals surface area contributed by atoms with Crippen LogP contribution in [0.2, 0.25) is 13.1 Å². The molecule has 0 nitrogen and oxygen atoms in total. The zero-order valence-corrected chi connectivity index (χ0v) is 36.5. The van der Waals surface area contributed by atoms with Gasteiger partial charge in [0.1, 0.15) is 0 Å². The van der Waals surface area contributed by atoms with E-state index in [-0.39, 0.29) is 24.8 Å². The Kier molecular flexibility index (Phi) is 15.4. The topological polar surface area (TPSA) is 0 Å². The summed E-state index contributed by atoms with van der Waals surface area (Å²) in [5.41, 5.74) is 13.7. The Hall–Kier alpha value is -0.400. The third-order valence-electron chi connectivity index (χ3n) is 11.5. The smallest absolute Gasteiger partial charge is 1.00 e. The van der Waals surface area contributed by atoms with Gasteiger partial charge in [0.25, 0.3) is 0 Å². The molecule has 254 valence electrons. The number of halogens is 2. The van der Waals surface area contributed by atoms with Crippen LogP contribution in [-0.2, 0) is 33.2 Å². The number of hydrogen-bond donors (Lipinski definition) is 0. The van der Waals surface area contributed by atoms with Gasteiger partial charge in [-0.15, -0.1) is 0 Å². The first-order valence-corrected chi connectivity index (χ1v) is 26.8.